The maximum Gasteiger partial charge on any atom is 0.165 e. The molecule has 2 rings (SSSR count). The molecule has 0 fully saturated rings. The molecule has 1 atom stereocenters. The summed E-state index contributed by atoms with van der Waals surface area (Å²) in [7, 11) is -0.965. The lowest BCUT2D eigenvalue weighted by Crippen LogP contribution is -2.16. The molecule has 13 heavy (non-hydrogen) atoms. The number of aryl methyl sites for hydroxylation is 1. The van der Waals surface area contributed by atoms with Crippen molar-refractivity contribution in [2.24, 2.45) is 0 Å². The molecule has 1 heterocycles. The number of rotatable bonds is 0. The van der Waals surface area contributed by atoms with E-state index in [-0.39, 0.29) is 5.78 Å². The number of carbonyl (C=O) groups is 1. The van der Waals surface area contributed by atoms with Gasteiger partial charge >= 0.3 is 0 Å². The molecule has 3 heteroatoms. The van der Waals surface area contributed by atoms with E-state index in [0.717, 1.165) is 5.56 Å². The van der Waals surface area contributed by atoms with Gasteiger partial charge in [0.1, 0.15) is 0 Å². The first kappa shape index (κ1) is 8.63. The first-order valence-corrected chi connectivity index (χ1v) is 5.52. The molecule has 68 valence electrons. The van der Waals surface area contributed by atoms with Crippen LogP contribution in [0.5, 0.6) is 0 Å². The van der Waals surface area contributed by atoms with Crippen LogP contribution in [-0.2, 0) is 10.8 Å². The molecular formula is C10H10O2S. The highest BCUT2D eigenvalue weighted by atomic mass is 32.2. The average Bonchev–Trinajstić information content (AvgIpc) is 2.12. The van der Waals surface area contributed by atoms with Crippen LogP contribution in [0, 0.1) is 6.92 Å². The Kier molecular flexibility index (Phi) is 2.04. The zero-order valence-electron chi connectivity index (χ0n) is 7.37. The molecule has 0 aromatic heterocycles. The Bertz CT molecular complexity index is 396. The van der Waals surface area contributed by atoms with Crippen LogP contribution in [-0.4, -0.2) is 15.7 Å². The highest BCUT2D eigenvalue weighted by molar-refractivity contribution is 7.85. The highest BCUT2D eigenvalue weighted by Gasteiger charge is 2.21. The minimum atomic E-state index is -0.965. The second-order valence-electron chi connectivity index (χ2n) is 3.22. The number of Topliss-reactive ketones (excluding diaryl/α,β-unsaturated/α-hetero) is 1. The largest absolute Gasteiger partial charge is 0.294 e. The van der Waals surface area contributed by atoms with Gasteiger partial charge in [0.05, 0.1) is 10.8 Å². The summed E-state index contributed by atoms with van der Waals surface area (Å²) in [6, 6.07) is 5.53. The van der Waals surface area contributed by atoms with E-state index in [9.17, 15) is 9.00 Å². The topological polar surface area (TPSA) is 34.1 Å². The van der Waals surface area contributed by atoms with Gasteiger partial charge in [0.2, 0.25) is 0 Å². The van der Waals surface area contributed by atoms with Crippen molar-refractivity contribution in [1.82, 2.24) is 0 Å². The predicted octanol–water partition coefficient (Wildman–Crippen LogP) is 1.69. The van der Waals surface area contributed by atoms with E-state index in [1.807, 2.05) is 19.1 Å². The van der Waals surface area contributed by atoms with Gasteiger partial charge in [-0.2, -0.15) is 0 Å². The van der Waals surface area contributed by atoms with Crippen LogP contribution in [0.1, 0.15) is 22.3 Å². The number of hydrogen-bond donors (Lipinski definition) is 0. The van der Waals surface area contributed by atoms with Crippen LogP contribution in [0.3, 0.4) is 0 Å². The summed E-state index contributed by atoms with van der Waals surface area (Å²) in [6.07, 6.45) is 0.420. The fourth-order valence-corrected chi connectivity index (χ4v) is 2.72. The molecule has 0 bridgehead atoms. The summed E-state index contributed by atoms with van der Waals surface area (Å²) in [5, 5.41) is 0. The van der Waals surface area contributed by atoms with Crippen molar-refractivity contribution in [3.63, 3.8) is 0 Å². The average molecular weight is 194 g/mol. The van der Waals surface area contributed by atoms with Gasteiger partial charge in [-0.1, -0.05) is 11.6 Å². The molecule has 0 radical (unpaired) electrons. The van der Waals surface area contributed by atoms with Gasteiger partial charge in [-0.25, -0.2) is 0 Å². The molecule has 1 aliphatic rings. The number of hydrogen-bond acceptors (Lipinski definition) is 2. The molecule has 0 spiro atoms. The Morgan fingerprint density at radius 1 is 1.38 bits per heavy atom. The number of benzene rings is 1. The summed E-state index contributed by atoms with van der Waals surface area (Å²) in [4.78, 5) is 12.2. The SMILES string of the molecule is Cc1ccc2c(c1)C(=O)CCS2=O. The van der Waals surface area contributed by atoms with Gasteiger partial charge < -0.3 is 0 Å². The highest BCUT2D eigenvalue weighted by Crippen LogP contribution is 2.22. The number of fused-ring (bicyclic) bond motifs is 1. The second-order valence-corrected chi connectivity index (χ2v) is 4.76. The monoisotopic (exact) mass is 194 g/mol. The van der Waals surface area contributed by atoms with Crippen molar-refractivity contribution < 1.29 is 9.00 Å². The molecule has 1 aliphatic heterocycles. The Morgan fingerprint density at radius 2 is 2.15 bits per heavy atom. The van der Waals surface area contributed by atoms with Crippen molar-refractivity contribution in [2.75, 3.05) is 5.75 Å². The van der Waals surface area contributed by atoms with Gasteiger partial charge in [-0.3, -0.25) is 9.00 Å². The lowest BCUT2D eigenvalue weighted by Gasteiger charge is -2.14. The van der Waals surface area contributed by atoms with E-state index >= 15 is 0 Å². The minimum Gasteiger partial charge on any atom is -0.294 e. The van der Waals surface area contributed by atoms with Gasteiger partial charge in [0, 0.05) is 22.6 Å². The fourth-order valence-electron chi connectivity index (χ4n) is 1.49. The molecule has 2 nitrogen and oxygen atoms in total. The molecule has 0 aliphatic carbocycles. The smallest absolute Gasteiger partial charge is 0.165 e. The minimum absolute atomic E-state index is 0.123. The van der Waals surface area contributed by atoms with Crippen LogP contribution in [0.2, 0.25) is 0 Å². The van der Waals surface area contributed by atoms with Crippen LogP contribution >= 0.6 is 0 Å². The normalized spacial score (nSPS) is 21.3. The van der Waals surface area contributed by atoms with E-state index < -0.39 is 10.8 Å². The number of carbonyl (C=O) groups excluding carboxylic acids is 1. The zero-order chi connectivity index (χ0) is 9.42. The first-order chi connectivity index (χ1) is 6.18. The zero-order valence-corrected chi connectivity index (χ0v) is 8.19. The summed E-state index contributed by atoms with van der Waals surface area (Å²) in [6.45, 7) is 1.94. The van der Waals surface area contributed by atoms with Gasteiger partial charge in [0.15, 0.2) is 5.78 Å². The van der Waals surface area contributed by atoms with Crippen LogP contribution in [0.25, 0.3) is 0 Å². The maximum absolute atomic E-state index is 11.5. The molecule has 1 unspecified atom stereocenters. The third kappa shape index (κ3) is 1.44. The van der Waals surface area contributed by atoms with Gasteiger partial charge in [0.25, 0.3) is 0 Å². The third-order valence-electron chi connectivity index (χ3n) is 2.20. The summed E-state index contributed by atoms with van der Waals surface area (Å²) < 4.78 is 11.5. The molecule has 1 aromatic rings. The third-order valence-corrected chi connectivity index (χ3v) is 3.62. The Labute approximate surface area is 79.4 Å². The van der Waals surface area contributed by atoms with Crippen LogP contribution < -0.4 is 0 Å². The summed E-state index contributed by atoms with van der Waals surface area (Å²) in [5.41, 5.74) is 1.70. The lowest BCUT2D eigenvalue weighted by atomic mass is 10.1. The van der Waals surface area contributed by atoms with Gasteiger partial charge in [-0.05, 0) is 19.1 Å². The first-order valence-electron chi connectivity index (χ1n) is 4.21. The van der Waals surface area contributed by atoms with E-state index in [1.165, 1.54) is 0 Å². The van der Waals surface area contributed by atoms with Crippen molar-refractivity contribution >= 4 is 16.6 Å². The maximum atomic E-state index is 11.5. The van der Waals surface area contributed by atoms with Crippen molar-refractivity contribution in [3.8, 4) is 0 Å². The van der Waals surface area contributed by atoms with E-state index in [1.54, 1.807) is 6.07 Å². The summed E-state index contributed by atoms with van der Waals surface area (Å²) >= 11 is 0. The Balaban J connectivity index is 2.63. The Morgan fingerprint density at radius 3 is 2.92 bits per heavy atom. The van der Waals surface area contributed by atoms with E-state index in [0.29, 0.717) is 22.6 Å². The molecule has 1 aromatic carbocycles. The van der Waals surface area contributed by atoms with Crippen LogP contribution in [0.4, 0.5) is 0 Å². The second kappa shape index (κ2) is 3.07. The Hall–Kier alpha value is -0.960. The summed E-state index contributed by atoms with van der Waals surface area (Å²) in [5.74, 6) is 0.604. The van der Waals surface area contributed by atoms with E-state index in [2.05, 4.69) is 0 Å². The molecule has 0 N–H and O–H groups in total. The molecular weight excluding hydrogens is 184 g/mol. The molecule has 0 amide bonds. The molecule has 0 saturated heterocycles. The van der Waals surface area contributed by atoms with Crippen LogP contribution in [0.15, 0.2) is 23.1 Å². The number of ketones is 1. The standard InChI is InChI=1S/C10H10O2S/c1-7-2-3-10-8(6-7)9(11)4-5-13(10)12/h2-3,6H,4-5H2,1H3. The van der Waals surface area contributed by atoms with Crippen molar-refractivity contribution in [3.05, 3.63) is 29.3 Å². The molecule has 0 saturated carbocycles. The van der Waals surface area contributed by atoms with Gasteiger partial charge in [-0.15, -0.1) is 0 Å². The quantitative estimate of drug-likeness (QED) is 0.629. The van der Waals surface area contributed by atoms with Crippen molar-refractivity contribution in [2.45, 2.75) is 18.2 Å². The lowest BCUT2D eigenvalue weighted by molar-refractivity contribution is 0.0984. The van der Waals surface area contributed by atoms with E-state index in [4.69, 9.17) is 0 Å². The van der Waals surface area contributed by atoms with Crippen molar-refractivity contribution in [1.29, 1.82) is 0 Å². The predicted molar refractivity (Wildman–Crippen MR) is 51.4 cm³/mol. The fraction of sp³-hybridized carbons (Fsp3) is 0.300.